The summed E-state index contributed by atoms with van der Waals surface area (Å²) in [4.78, 5) is 0. The van der Waals surface area contributed by atoms with Gasteiger partial charge in [0.2, 0.25) is 0 Å². The van der Waals surface area contributed by atoms with Gasteiger partial charge >= 0.3 is 0 Å². The molecule has 0 bridgehead atoms. The predicted molar refractivity (Wildman–Crippen MR) is 169 cm³/mol. The van der Waals surface area contributed by atoms with Gasteiger partial charge in [-0.05, 0) is 71.4 Å². The molecule has 0 aromatic heterocycles. The van der Waals surface area contributed by atoms with Gasteiger partial charge in [-0.25, -0.2) is 0 Å². The first-order valence-corrected chi connectivity index (χ1v) is 12.6. The van der Waals surface area contributed by atoms with Crippen LogP contribution in [0.25, 0.3) is 65.3 Å². The highest BCUT2D eigenvalue weighted by atomic mass is 14.2. The third-order valence-corrected chi connectivity index (χ3v) is 7.72. The smallest absolute Gasteiger partial charge is 0.110 e. The van der Waals surface area contributed by atoms with Crippen molar-refractivity contribution in [2.75, 3.05) is 0 Å². The van der Waals surface area contributed by atoms with Gasteiger partial charge in [0.05, 0.1) is 0 Å². The van der Waals surface area contributed by atoms with Crippen LogP contribution in [0.15, 0.2) is 109 Å². The minimum Gasteiger partial charge on any atom is -0.110 e. The average molecular weight is 470 g/mol. The van der Waals surface area contributed by atoms with Gasteiger partial charge < -0.3 is 0 Å². The number of rotatable bonds is 2. The summed E-state index contributed by atoms with van der Waals surface area (Å²) >= 11 is 0. The molecule has 0 unspecified atom stereocenters. The number of hydrogen-bond donors (Lipinski definition) is 0. The van der Waals surface area contributed by atoms with Crippen LogP contribution in [0.4, 0.5) is 0 Å². The highest BCUT2D eigenvalue weighted by Crippen LogP contribution is 2.45. The second-order valence-electron chi connectivity index (χ2n) is 9.76. The number of benzene rings is 7. The fourth-order valence-electron chi connectivity index (χ4n) is 5.98. The summed E-state index contributed by atoms with van der Waals surface area (Å²) in [6, 6.07) is 37.9. The van der Waals surface area contributed by atoms with Crippen molar-refractivity contribution in [1.82, 2.24) is 0 Å². The Kier molecular flexibility index (Phi) is 5.27. The Morgan fingerprint density at radius 1 is 0.368 bits per heavy atom. The summed E-state index contributed by atoms with van der Waals surface area (Å²) in [5, 5.41) is 8.48. The van der Waals surface area contributed by atoms with Crippen molar-refractivity contribution in [3.8, 4) is 22.3 Å². The molecule has 0 saturated heterocycles. The fraction of sp³-hybridized carbons (Fsp3) is 0. The van der Waals surface area contributed by atoms with E-state index >= 15 is 0 Å². The summed E-state index contributed by atoms with van der Waals surface area (Å²) in [6.07, 6.45) is 0. The van der Waals surface area contributed by atoms with E-state index in [-0.39, 0.29) is 0 Å². The second kappa shape index (κ2) is 8.71. The normalized spacial score (nSPS) is 11.6. The van der Waals surface area contributed by atoms with E-state index in [4.69, 9.17) is 31.4 Å². The molecule has 0 fully saturated rings. The molecule has 0 atom stereocenters. The molecule has 7 aromatic carbocycles. The molecule has 0 aliphatic rings. The fourth-order valence-corrected chi connectivity index (χ4v) is 5.98. The van der Waals surface area contributed by atoms with E-state index in [0.717, 1.165) is 54.6 Å². The van der Waals surface area contributed by atoms with E-state index in [1.807, 2.05) is 18.2 Å². The molecule has 4 heteroatoms. The van der Waals surface area contributed by atoms with E-state index in [1.165, 1.54) is 10.8 Å². The zero-order valence-corrected chi connectivity index (χ0v) is 20.7. The predicted octanol–water partition coefficient (Wildman–Crippen LogP) is 4.81. The van der Waals surface area contributed by atoms with Crippen LogP contribution < -0.4 is 21.9 Å². The van der Waals surface area contributed by atoms with Crippen molar-refractivity contribution >= 4 is 96.3 Å². The molecule has 0 heterocycles. The van der Waals surface area contributed by atoms with Crippen molar-refractivity contribution in [3.05, 3.63) is 109 Å². The third-order valence-electron chi connectivity index (χ3n) is 7.72. The maximum Gasteiger partial charge on any atom is 0.113 e. The molecule has 7 rings (SSSR count). The van der Waals surface area contributed by atoms with Crippen molar-refractivity contribution in [2.24, 2.45) is 0 Å². The van der Waals surface area contributed by atoms with E-state index in [0.29, 0.717) is 21.9 Å². The van der Waals surface area contributed by atoms with E-state index in [2.05, 4.69) is 91.0 Å². The lowest BCUT2D eigenvalue weighted by Gasteiger charge is -2.25. The van der Waals surface area contributed by atoms with E-state index in [9.17, 15) is 0 Å². The Balaban J connectivity index is 1.81. The zero-order chi connectivity index (χ0) is 26.0. The first-order valence-electron chi connectivity index (χ1n) is 12.6. The van der Waals surface area contributed by atoms with E-state index < -0.39 is 0 Å². The Bertz CT molecular complexity index is 2060. The van der Waals surface area contributed by atoms with Crippen molar-refractivity contribution in [2.45, 2.75) is 0 Å². The molecule has 166 valence electrons. The molecule has 0 saturated carbocycles. The second-order valence-corrected chi connectivity index (χ2v) is 9.76. The van der Waals surface area contributed by atoms with E-state index in [1.54, 1.807) is 0 Å². The van der Waals surface area contributed by atoms with Gasteiger partial charge in [0.15, 0.2) is 0 Å². The molecule has 0 amide bonds. The van der Waals surface area contributed by atoms with Gasteiger partial charge in [0.25, 0.3) is 0 Å². The summed E-state index contributed by atoms with van der Waals surface area (Å²) < 4.78 is 0. The topological polar surface area (TPSA) is 0 Å². The lowest BCUT2D eigenvalue weighted by molar-refractivity contribution is 1.68. The van der Waals surface area contributed by atoms with Gasteiger partial charge in [0.1, 0.15) is 31.4 Å². The van der Waals surface area contributed by atoms with Gasteiger partial charge in [-0.1, -0.05) is 114 Å². The van der Waals surface area contributed by atoms with Gasteiger partial charge in [-0.3, -0.25) is 0 Å². The highest BCUT2D eigenvalue weighted by molar-refractivity contribution is 6.68. The molecule has 0 spiro atoms. The molecular weight excluding hydrogens is 452 g/mol. The molecule has 38 heavy (non-hydrogen) atoms. The Morgan fingerprint density at radius 3 is 1.50 bits per heavy atom. The molecule has 0 aliphatic heterocycles. The highest BCUT2D eigenvalue weighted by Gasteiger charge is 2.22. The SMILES string of the molecule is [B]c1c([B])c([B])c2c(-c3cc4ccccc4c4ccccc34)c3ccccc3c(-c3ccccc3)c2c1[B]. The molecular formula is C34H18B4. The first-order chi connectivity index (χ1) is 18.6. The number of fused-ring (bicyclic) bond motifs is 5. The van der Waals surface area contributed by atoms with Gasteiger partial charge in [-0.15, -0.1) is 10.9 Å². The van der Waals surface area contributed by atoms with Crippen LogP contribution in [0.3, 0.4) is 0 Å². The lowest BCUT2D eigenvalue weighted by atomic mass is 9.62. The minimum absolute atomic E-state index is 0.315. The van der Waals surface area contributed by atoms with Crippen LogP contribution in [0.1, 0.15) is 0 Å². The van der Waals surface area contributed by atoms with Crippen LogP contribution in [-0.4, -0.2) is 31.4 Å². The molecule has 7 aromatic rings. The van der Waals surface area contributed by atoms with Crippen LogP contribution in [0, 0.1) is 0 Å². The summed E-state index contributed by atoms with van der Waals surface area (Å²) in [5.74, 6) is 0. The van der Waals surface area contributed by atoms with Crippen molar-refractivity contribution in [3.63, 3.8) is 0 Å². The maximum absolute atomic E-state index is 6.86. The first kappa shape index (κ1) is 23.0. The average Bonchev–Trinajstić information content (AvgIpc) is 2.97. The third kappa shape index (κ3) is 3.23. The minimum atomic E-state index is 0.315. The number of hydrogen-bond acceptors (Lipinski definition) is 0. The van der Waals surface area contributed by atoms with Crippen LogP contribution in [0.2, 0.25) is 0 Å². The Morgan fingerprint density at radius 2 is 0.842 bits per heavy atom. The van der Waals surface area contributed by atoms with Crippen LogP contribution in [0.5, 0.6) is 0 Å². The van der Waals surface area contributed by atoms with Crippen LogP contribution >= 0.6 is 0 Å². The largest absolute Gasteiger partial charge is 0.113 e. The summed E-state index contributed by atoms with van der Waals surface area (Å²) in [7, 11) is 26.6. The molecule has 0 nitrogen and oxygen atoms in total. The monoisotopic (exact) mass is 470 g/mol. The Labute approximate surface area is 227 Å². The van der Waals surface area contributed by atoms with Crippen LogP contribution in [-0.2, 0) is 0 Å². The molecule has 0 N–H and O–H groups in total. The lowest BCUT2D eigenvalue weighted by Crippen LogP contribution is -2.48. The Hall–Kier alpha value is -4.16. The summed E-state index contributed by atoms with van der Waals surface area (Å²) in [6.45, 7) is 0. The molecule has 0 aliphatic carbocycles. The standard InChI is InChI=1S/C34H18B4/c35-31-29-27(19-10-2-1-3-11-19)24-16-8-9-17-25(24)28(30(29)32(36)34(38)33(31)37)26-18-20-12-4-5-13-21(20)22-14-6-7-15-23(22)26/h1-18H. The van der Waals surface area contributed by atoms with Crippen molar-refractivity contribution in [1.29, 1.82) is 0 Å². The molecule has 8 radical (unpaired) electrons. The van der Waals surface area contributed by atoms with Gasteiger partial charge in [0, 0.05) is 0 Å². The zero-order valence-electron chi connectivity index (χ0n) is 20.7. The quantitative estimate of drug-likeness (QED) is 0.194. The van der Waals surface area contributed by atoms with Gasteiger partial charge in [-0.2, -0.15) is 0 Å². The maximum atomic E-state index is 6.86. The summed E-state index contributed by atoms with van der Waals surface area (Å²) in [5.41, 5.74) is 5.65. The van der Waals surface area contributed by atoms with Crippen molar-refractivity contribution < 1.29 is 0 Å².